The van der Waals surface area contributed by atoms with Gasteiger partial charge in [0, 0.05) is 0 Å². The van der Waals surface area contributed by atoms with E-state index in [4.69, 9.17) is 4.74 Å². The SMILES string of the molecule is CC(C)(C)OC(=O)N=S1C=C(C(C)(C)C)C(C(C)(C)C)=C1. The lowest BCUT2D eigenvalue weighted by atomic mass is 9.74. The van der Waals surface area contributed by atoms with Crippen molar-refractivity contribution >= 4 is 16.8 Å². The second-order valence-electron chi connectivity index (χ2n) is 8.48. The second kappa shape index (κ2) is 5.71. The Morgan fingerprint density at radius 3 is 1.57 bits per heavy atom. The maximum absolute atomic E-state index is 11.9. The molecule has 0 N–H and O–H groups in total. The predicted octanol–water partition coefficient (Wildman–Crippen LogP) is 5.60. The van der Waals surface area contributed by atoms with E-state index in [2.05, 4.69) is 56.7 Å². The summed E-state index contributed by atoms with van der Waals surface area (Å²) < 4.78 is 9.49. The van der Waals surface area contributed by atoms with Crippen LogP contribution >= 0.6 is 0 Å². The highest BCUT2D eigenvalue weighted by Crippen LogP contribution is 2.44. The standard InChI is InChI=1S/C17H29NO2S/c1-15(2,3)12-10-21(11-13(12)16(4,5)6)18-14(19)20-17(7,8)9/h10-11H,1-9H3. The molecule has 1 amide bonds. The van der Waals surface area contributed by atoms with Gasteiger partial charge in [0.05, 0.1) is 0 Å². The zero-order valence-corrected chi connectivity index (χ0v) is 15.6. The molecule has 1 aliphatic rings. The minimum atomic E-state index is -0.519. The lowest BCUT2D eigenvalue weighted by molar-refractivity contribution is 0.0608. The van der Waals surface area contributed by atoms with Gasteiger partial charge in [0.2, 0.25) is 0 Å². The Balaban J connectivity index is 3.15. The van der Waals surface area contributed by atoms with Crippen molar-refractivity contribution in [1.82, 2.24) is 0 Å². The quantitative estimate of drug-likeness (QED) is 0.584. The number of carbonyl (C=O) groups is 1. The molecular formula is C17H29NO2S. The molecule has 0 aliphatic carbocycles. The smallest absolute Gasteiger partial charge is 0.440 e. The van der Waals surface area contributed by atoms with E-state index < -0.39 is 22.4 Å². The fraction of sp³-hybridized carbons (Fsp3) is 0.706. The van der Waals surface area contributed by atoms with Crippen LogP contribution in [0.4, 0.5) is 4.79 Å². The fourth-order valence-corrected chi connectivity index (χ4v) is 3.81. The second-order valence-corrected chi connectivity index (χ2v) is 9.83. The molecule has 0 aromatic carbocycles. The van der Waals surface area contributed by atoms with Gasteiger partial charge in [-0.2, -0.15) is 0 Å². The molecule has 1 aliphatic heterocycles. The first-order valence-corrected chi connectivity index (χ1v) is 8.63. The Morgan fingerprint density at radius 1 is 0.905 bits per heavy atom. The third-order valence-corrected chi connectivity index (χ3v) is 4.27. The molecule has 21 heavy (non-hydrogen) atoms. The van der Waals surface area contributed by atoms with Crippen LogP contribution in [0.15, 0.2) is 26.3 Å². The first-order chi connectivity index (χ1) is 9.20. The van der Waals surface area contributed by atoms with Crippen molar-refractivity contribution in [1.29, 1.82) is 0 Å². The van der Waals surface area contributed by atoms with Crippen molar-refractivity contribution in [3.63, 3.8) is 0 Å². The molecule has 0 fully saturated rings. The summed E-state index contributed by atoms with van der Waals surface area (Å²) in [5.74, 6) is 0. The van der Waals surface area contributed by atoms with E-state index in [1.807, 2.05) is 20.8 Å². The number of hydrogen-bond donors (Lipinski definition) is 0. The lowest BCUT2D eigenvalue weighted by Gasteiger charge is -2.30. The van der Waals surface area contributed by atoms with Crippen LogP contribution in [0.3, 0.4) is 0 Å². The minimum Gasteiger partial charge on any atom is -0.442 e. The van der Waals surface area contributed by atoms with Crippen LogP contribution in [0.5, 0.6) is 0 Å². The summed E-state index contributed by atoms with van der Waals surface area (Å²) >= 11 is 0. The van der Waals surface area contributed by atoms with Gasteiger partial charge in [0.1, 0.15) is 5.60 Å². The fourth-order valence-electron chi connectivity index (χ4n) is 1.98. The van der Waals surface area contributed by atoms with Gasteiger partial charge in [-0.25, -0.2) is 4.79 Å². The summed E-state index contributed by atoms with van der Waals surface area (Å²) in [7, 11) is -0.519. The van der Waals surface area contributed by atoms with E-state index in [0.717, 1.165) is 0 Å². The first kappa shape index (κ1) is 18.1. The Labute approximate surface area is 131 Å². The lowest BCUT2D eigenvalue weighted by Crippen LogP contribution is -2.21. The van der Waals surface area contributed by atoms with Gasteiger partial charge in [-0.05, 0) is 64.3 Å². The predicted molar refractivity (Wildman–Crippen MR) is 91.1 cm³/mol. The highest BCUT2D eigenvalue weighted by atomic mass is 32.2. The summed E-state index contributed by atoms with van der Waals surface area (Å²) in [6.45, 7) is 18.7. The minimum absolute atomic E-state index is 0.0459. The largest absolute Gasteiger partial charge is 0.442 e. The van der Waals surface area contributed by atoms with Crippen LogP contribution in [0.1, 0.15) is 62.3 Å². The van der Waals surface area contributed by atoms with Crippen LogP contribution in [-0.2, 0) is 15.4 Å². The molecule has 4 heteroatoms. The zero-order valence-electron chi connectivity index (χ0n) is 14.8. The van der Waals surface area contributed by atoms with E-state index in [1.165, 1.54) is 11.1 Å². The van der Waals surface area contributed by atoms with E-state index in [9.17, 15) is 4.79 Å². The van der Waals surface area contributed by atoms with Gasteiger partial charge in [-0.3, -0.25) is 0 Å². The molecule has 0 bridgehead atoms. The number of amides is 1. The molecule has 0 saturated carbocycles. The molecule has 0 saturated heterocycles. The Bertz CT molecular complexity index is 488. The monoisotopic (exact) mass is 311 g/mol. The van der Waals surface area contributed by atoms with E-state index >= 15 is 0 Å². The van der Waals surface area contributed by atoms with Gasteiger partial charge in [0.15, 0.2) is 0 Å². The van der Waals surface area contributed by atoms with Crippen molar-refractivity contribution in [2.45, 2.75) is 67.9 Å². The maximum atomic E-state index is 11.9. The molecule has 0 aromatic heterocycles. The number of carbonyl (C=O) groups excluding carboxylic acids is 1. The molecule has 0 atom stereocenters. The van der Waals surface area contributed by atoms with Crippen molar-refractivity contribution in [2.24, 2.45) is 15.2 Å². The molecule has 0 radical (unpaired) electrons. The summed E-state index contributed by atoms with van der Waals surface area (Å²) in [5, 5.41) is 4.23. The maximum Gasteiger partial charge on any atom is 0.440 e. The van der Waals surface area contributed by atoms with Crippen molar-refractivity contribution < 1.29 is 9.53 Å². The molecule has 3 nitrogen and oxygen atoms in total. The molecule has 1 heterocycles. The number of rotatable bonds is 0. The Kier molecular flexibility index (Phi) is 4.94. The first-order valence-electron chi connectivity index (χ1n) is 7.32. The number of allylic oxidation sites excluding steroid dienone is 2. The van der Waals surface area contributed by atoms with E-state index in [0.29, 0.717) is 0 Å². The van der Waals surface area contributed by atoms with Crippen LogP contribution in [-0.4, -0.2) is 11.7 Å². The third kappa shape index (κ3) is 5.42. The molecular weight excluding hydrogens is 282 g/mol. The highest BCUT2D eigenvalue weighted by molar-refractivity contribution is 7.93. The Hall–Kier alpha value is -0.900. The Morgan fingerprint density at radius 2 is 1.29 bits per heavy atom. The number of hydrogen-bond acceptors (Lipinski definition) is 2. The number of ether oxygens (including phenoxy) is 1. The van der Waals surface area contributed by atoms with Gasteiger partial charge in [0.25, 0.3) is 0 Å². The van der Waals surface area contributed by atoms with Crippen molar-refractivity contribution in [3.05, 3.63) is 22.0 Å². The van der Waals surface area contributed by atoms with Crippen molar-refractivity contribution in [2.75, 3.05) is 0 Å². The van der Waals surface area contributed by atoms with Crippen molar-refractivity contribution in [3.8, 4) is 0 Å². The molecule has 0 aromatic rings. The molecule has 0 unspecified atom stereocenters. The molecule has 0 spiro atoms. The average molecular weight is 311 g/mol. The van der Waals surface area contributed by atoms with Gasteiger partial charge in [-0.15, -0.1) is 4.36 Å². The normalized spacial score (nSPS) is 17.4. The van der Waals surface area contributed by atoms with Gasteiger partial charge < -0.3 is 4.74 Å². The summed E-state index contributed by atoms with van der Waals surface area (Å²) in [5.41, 5.74) is 2.15. The number of nitrogens with zero attached hydrogens (tertiary/aromatic N) is 1. The summed E-state index contributed by atoms with van der Waals surface area (Å²) in [4.78, 5) is 11.9. The molecule has 1 rings (SSSR count). The summed E-state index contributed by atoms with van der Waals surface area (Å²) in [6, 6.07) is 0. The average Bonchev–Trinajstić information content (AvgIpc) is 2.56. The third-order valence-electron chi connectivity index (χ3n) is 2.96. The van der Waals surface area contributed by atoms with E-state index in [1.54, 1.807) is 0 Å². The van der Waals surface area contributed by atoms with Crippen LogP contribution in [0.25, 0.3) is 0 Å². The van der Waals surface area contributed by atoms with Gasteiger partial charge >= 0.3 is 6.09 Å². The van der Waals surface area contributed by atoms with Crippen LogP contribution < -0.4 is 0 Å². The van der Waals surface area contributed by atoms with E-state index in [-0.39, 0.29) is 10.8 Å². The zero-order chi connectivity index (χ0) is 16.6. The van der Waals surface area contributed by atoms with Gasteiger partial charge in [-0.1, -0.05) is 41.5 Å². The topological polar surface area (TPSA) is 38.7 Å². The van der Waals surface area contributed by atoms with Crippen LogP contribution in [0.2, 0.25) is 0 Å². The highest BCUT2D eigenvalue weighted by Gasteiger charge is 2.32. The van der Waals surface area contributed by atoms with Crippen LogP contribution in [0, 0.1) is 10.8 Å². The molecule has 120 valence electrons. The summed E-state index contributed by atoms with van der Waals surface area (Å²) in [6.07, 6.45) is -0.484.